The molecule has 2 atom stereocenters. The highest BCUT2D eigenvalue weighted by Crippen LogP contribution is 2.55. The summed E-state index contributed by atoms with van der Waals surface area (Å²) in [6.07, 6.45) is 0.208. The fourth-order valence-corrected chi connectivity index (χ4v) is 2.98. The Kier molecular flexibility index (Phi) is 3.80. The van der Waals surface area contributed by atoms with Crippen LogP contribution in [0.15, 0.2) is 12.4 Å². The van der Waals surface area contributed by atoms with Crippen LogP contribution in [0.5, 0.6) is 0 Å². The van der Waals surface area contributed by atoms with Gasteiger partial charge in [-0.1, -0.05) is 0 Å². The lowest BCUT2D eigenvalue weighted by Gasteiger charge is -2.14. The number of aromatic nitrogens is 4. The summed E-state index contributed by atoms with van der Waals surface area (Å²) < 4.78 is 41.3. The summed E-state index contributed by atoms with van der Waals surface area (Å²) in [4.78, 5) is 7.84. The van der Waals surface area contributed by atoms with Crippen LogP contribution in [0.1, 0.15) is 43.5 Å². The van der Waals surface area contributed by atoms with Crippen molar-refractivity contribution in [1.29, 1.82) is 5.26 Å². The molecule has 2 aliphatic carbocycles. The van der Waals surface area contributed by atoms with Crippen molar-refractivity contribution in [3.8, 4) is 6.07 Å². The smallest absolute Gasteiger partial charge is 0.367 e. The van der Waals surface area contributed by atoms with Crippen LogP contribution in [0.3, 0.4) is 0 Å². The van der Waals surface area contributed by atoms with Gasteiger partial charge in [-0.15, -0.1) is 0 Å². The number of hydrogen-bond donors (Lipinski definition) is 2. The zero-order valence-corrected chi connectivity index (χ0v) is 14.8. The SMILES string of the molecule is Cc1c(Nc2ncc(C(F)(F)F)c(NC3CC3)n2)cnn1C1C[C@@]1(C)C#N. The maximum absolute atomic E-state index is 13.2. The van der Waals surface area contributed by atoms with Crippen molar-refractivity contribution >= 4 is 17.5 Å². The maximum Gasteiger partial charge on any atom is 0.421 e. The Bertz CT molecular complexity index is 926. The fourth-order valence-electron chi connectivity index (χ4n) is 2.98. The van der Waals surface area contributed by atoms with Gasteiger partial charge in [-0.05, 0) is 33.1 Å². The van der Waals surface area contributed by atoms with Crippen molar-refractivity contribution in [2.24, 2.45) is 5.41 Å². The molecule has 0 aromatic carbocycles. The molecule has 2 heterocycles. The van der Waals surface area contributed by atoms with Gasteiger partial charge >= 0.3 is 6.18 Å². The molecule has 0 aliphatic heterocycles. The van der Waals surface area contributed by atoms with E-state index in [2.05, 4.69) is 31.8 Å². The van der Waals surface area contributed by atoms with Crippen LogP contribution in [0, 0.1) is 23.7 Å². The van der Waals surface area contributed by atoms with Gasteiger partial charge in [0.15, 0.2) is 0 Å². The highest BCUT2D eigenvalue weighted by atomic mass is 19.4. The van der Waals surface area contributed by atoms with Crippen LogP contribution >= 0.6 is 0 Å². The lowest BCUT2D eigenvalue weighted by molar-refractivity contribution is -0.137. The lowest BCUT2D eigenvalue weighted by Crippen LogP contribution is -2.15. The summed E-state index contributed by atoms with van der Waals surface area (Å²) in [5.41, 5.74) is 0.0638. The second-order valence-electron chi connectivity index (χ2n) is 7.33. The van der Waals surface area contributed by atoms with Gasteiger partial charge in [-0.25, -0.2) is 4.98 Å². The molecular weight excluding hydrogens is 359 g/mol. The molecule has 2 saturated carbocycles. The van der Waals surface area contributed by atoms with Crippen molar-refractivity contribution in [3.05, 3.63) is 23.7 Å². The van der Waals surface area contributed by atoms with E-state index in [-0.39, 0.29) is 23.8 Å². The number of halogens is 3. The van der Waals surface area contributed by atoms with Gasteiger partial charge < -0.3 is 10.6 Å². The molecule has 2 aromatic rings. The van der Waals surface area contributed by atoms with Crippen molar-refractivity contribution in [2.75, 3.05) is 10.6 Å². The Hall–Kier alpha value is -2.83. The topological polar surface area (TPSA) is 91.4 Å². The standard InChI is InChI=1S/C17H18F3N7/c1-9-12(7-23-27(9)13-5-16(13,2)8-21)25-15-22-6-11(17(18,19)20)14(26-15)24-10-3-4-10/h6-7,10,13H,3-5H2,1-2H3,(H2,22,24,25,26)/t13?,16-/m0/s1. The highest BCUT2D eigenvalue weighted by molar-refractivity contribution is 5.58. The predicted molar refractivity (Wildman–Crippen MR) is 91.3 cm³/mol. The first-order valence-corrected chi connectivity index (χ1v) is 8.64. The van der Waals surface area contributed by atoms with Gasteiger partial charge in [0.1, 0.15) is 11.4 Å². The molecule has 0 amide bonds. The molecule has 4 rings (SSSR count). The first-order chi connectivity index (χ1) is 12.7. The van der Waals surface area contributed by atoms with E-state index in [0.717, 1.165) is 31.2 Å². The first-order valence-electron chi connectivity index (χ1n) is 8.64. The van der Waals surface area contributed by atoms with Gasteiger partial charge in [0, 0.05) is 12.2 Å². The number of nitrogens with zero attached hydrogens (tertiary/aromatic N) is 5. The van der Waals surface area contributed by atoms with E-state index in [0.29, 0.717) is 5.69 Å². The number of hydrogen-bond acceptors (Lipinski definition) is 6. The average Bonchev–Trinajstić information content (AvgIpc) is 3.50. The first kappa shape index (κ1) is 17.6. The van der Waals surface area contributed by atoms with Crippen LogP contribution in [0.25, 0.3) is 0 Å². The molecule has 2 aliphatic rings. The number of nitrogens with one attached hydrogen (secondary N) is 2. The average molecular weight is 377 g/mol. The third kappa shape index (κ3) is 3.29. The second-order valence-corrected chi connectivity index (χ2v) is 7.33. The minimum atomic E-state index is -4.52. The third-order valence-electron chi connectivity index (χ3n) is 5.05. The van der Waals surface area contributed by atoms with E-state index in [9.17, 15) is 18.4 Å². The molecule has 2 N–H and O–H groups in total. The maximum atomic E-state index is 13.2. The van der Waals surface area contributed by atoms with E-state index < -0.39 is 17.2 Å². The molecule has 2 fully saturated rings. The van der Waals surface area contributed by atoms with Crippen molar-refractivity contribution in [2.45, 2.75) is 51.4 Å². The largest absolute Gasteiger partial charge is 0.421 e. The molecular formula is C17H18F3N7. The summed E-state index contributed by atoms with van der Waals surface area (Å²) >= 11 is 0. The van der Waals surface area contributed by atoms with Gasteiger partial charge in [-0.2, -0.15) is 28.5 Å². The van der Waals surface area contributed by atoms with E-state index in [1.165, 1.54) is 0 Å². The fraction of sp³-hybridized carbons (Fsp3) is 0.529. The number of nitriles is 1. The van der Waals surface area contributed by atoms with Crippen molar-refractivity contribution in [1.82, 2.24) is 19.7 Å². The number of alkyl halides is 3. The van der Waals surface area contributed by atoms with Crippen LogP contribution in [-0.2, 0) is 6.18 Å². The van der Waals surface area contributed by atoms with Gasteiger partial charge in [0.05, 0.1) is 35.1 Å². The van der Waals surface area contributed by atoms with Crippen LogP contribution in [0.2, 0.25) is 0 Å². The normalized spacial score (nSPS) is 24.4. The number of rotatable bonds is 5. The Labute approximate surface area is 153 Å². The lowest BCUT2D eigenvalue weighted by atomic mass is 10.2. The predicted octanol–water partition coefficient (Wildman–Crippen LogP) is 3.79. The third-order valence-corrected chi connectivity index (χ3v) is 5.05. The van der Waals surface area contributed by atoms with Crippen LogP contribution in [0.4, 0.5) is 30.6 Å². The number of anilines is 3. The van der Waals surface area contributed by atoms with Gasteiger partial charge in [0.2, 0.25) is 5.95 Å². The Morgan fingerprint density at radius 3 is 2.67 bits per heavy atom. The quantitative estimate of drug-likeness (QED) is 0.824. The summed E-state index contributed by atoms with van der Waals surface area (Å²) in [5, 5.41) is 19.3. The van der Waals surface area contributed by atoms with Crippen LogP contribution < -0.4 is 10.6 Å². The van der Waals surface area contributed by atoms with E-state index >= 15 is 0 Å². The monoisotopic (exact) mass is 377 g/mol. The molecule has 0 bridgehead atoms. The molecule has 0 spiro atoms. The van der Waals surface area contributed by atoms with E-state index in [1.54, 1.807) is 10.9 Å². The Morgan fingerprint density at radius 1 is 1.33 bits per heavy atom. The molecule has 10 heteroatoms. The molecule has 7 nitrogen and oxygen atoms in total. The van der Waals surface area contributed by atoms with E-state index in [4.69, 9.17) is 0 Å². The van der Waals surface area contributed by atoms with Crippen LogP contribution in [-0.4, -0.2) is 25.8 Å². The summed E-state index contributed by atoms with van der Waals surface area (Å²) in [6.45, 7) is 3.71. The minimum Gasteiger partial charge on any atom is -0.367 e. The summed E-state index contributed by atoms with van der Waals surface area (Å²) in [7, 11) is 0. The summed E-state index contributed by atoms with van der Waals surface area (Å²) in [5.74, 6) is -0.153. The summed E-state index contributed by atoms with van der Waals surface area (Å²) in [6, 6.07) is 2.30. The minimum absolute atomic E-state index is 0.00123. The Morgan fingerprint density at radius 2 is 2.07 bits per heavy atom. The zero-order chi connectivity index (χ0) is 19.4. The molecule has 1 unspecified atom stereocenters. The highest BCUT2D eigenvalue weighted by Gasteiger charge is 2.53. The van der Waals surface area contributed by atoms with Crippen molar-refractivity contribution < 1.29 is 13.2 Å². The Balaban J connectivity index is 1.58. The van der Waals surface area contributed by atoms with Gasteiger partial charge in [-0.3, -0.25) is 4.68 Å². The molecule has 0 saturated heterocycles. The molecule has 142 valence electrons. The molecule has 2 aromatic heterocycles. The van der Waals surface area contributed by atoms with Gasteiger partial charge in [0.25, 0.3) is 0 Å². The molecule has 0 radical (unpaired) electrons. The molecule has 27 heavy (non-hydrogen) atoms. The van der Waals surface area contributed by atoms with E-state index in [1.807, 2.05) is 13.8 Å². The van der Waals surface area contributed by atoms with Crippen molar-refractivity contribution in [3.63, 3.8) is 0 Å². The zero-order valence-electron chi connectivity index (χ0n) is 14.8. The second kappa shape index (κ2) is 5.84.